The van der Waals surface area contributed by atoms with Crippen LogP contribution in [0.2, 0.25) is 0 Å². The summed E-state index contributed by atoms with van der Waals surface area (Å²) in [6.07, 6.45) is 0. The molecule has 0 fully saturated rings. The number of aliphatic carboxylic acids is 1. The van der Waals surface area contributed by atoms with Gasteiger partial charge in [-0.3, -0.25) is 0 Å². The Kier molecular flexibility index (Phi) is 5.07. The highest BCUT2D eigenvalue weighted by atomic mass is 19.1. The first-order valence-electron chi connectivity index (χ1n) is 6.22. The van der Waals surface area contributed by atoms with Gasteiger partial charge < -0.3 is 15.7 Å². The van der Waals surface area contributed by atoms with E-state index in [1.165, 1.54) is 6.07 Å². The number of carboxylic acid groups (broad SMARTS) is 1. The van der Waals surface area contributed by atoms with Crippen molar-refractivity contribution in [2.75, 3.05) is 0 Å². The molecule has 0 spiro atoms. The lowest BCUT2D eigenvalue weighted by Gasteiger charge is -2.27. The summed E-state index contributed by atoms with van der Waals surface area (Å²) in [7, 11) is 0. The zero-order valence-electron chi connectivity index (χ0n) is 11.7. The number of carbonyl (C=O) groups is 2. The van der Waals surface area contributed by atoms with Crippen molar-refractivity contribution in [3.63, 3.8) is 0 Å². The SMILES string of the molecule is CC(C)(C)C(NC(=O)NCc1ccccc1F)C(=O)O. The average molecular weight is 282 g/mol. The summed E-state index contributed by atoms with van der Waals surface area (Å²) >= 11 is 0. The summed E-state index contributed by atoms with van der Waals surface area (Å²) in [4.78, 5) is 22.8. The van der Waals surface area contributed by atoms with Gasteiger partial charge in [0.25, 0.3) is 0 Å². The third-order valence-corrected chi connectivity index (χ3v) is 2.79. The van der Waals surface area contributed by atoms with Crippen LogP contribution < -0.4 is 10.6 Å². The van der Waals surface area contributed by atoms with Crippen LogP contribution in [0.4, 0.5) is 9.18 Å². The zero-order chi connectivity index (χ0) is 15.3. The van der Waals surface area contributed by atoms with Crippen molar-refractivity contribution in [1.82, 2.24) is 10.6 Å². The maximum Gasteiger partial charge on any atom is 0.326 e. The van der Waals surface area contributed by atoms with Crippen LogP contribution in [0.15, 0.2) is 24.3 Å². The van der Waals surface area contributed by atoms with Gasteiger partial charge in [-0.05, 0) is 11.5 Å². The van der Waals surface area contributed by atoms with E-state index in [9.17, 15) is 14.0 Å². The molecule has 1 atom stereocenters. The molecule has 1 aromatic rings. The van der Waals surface area contributed by atoms with Crippen LogP contribution in [0.25, 0.3) is 0 Å². The molecule has 3 N–H and O–H groups in total. The van der Waals surface area contributed by atoms with Gasteiger partial charge in [0, 0.05) is 12.1 Å². The molecular weight excluding hydrogens is 263 g/mol. The average Bonchev–Trinajstić information content (AvgIpc) is 2.33. The van der Waals surface area contributed by atoms with Crippen molar-refractivity contribution < 1.29 is 19.1 Å². The predicted octanol–water partition coefficient (Wildman–Crippen LogP) is 2.12. The number of halogens is 1. The van der Waals surface area contributed by atoms with Crippen LogP contribution in [0.5, 0.6) is 0 Å². The molecule has 0 aliphatic rings. The van der Waals surface area contributed by atoms with E-state index in [0.717, 1.165) is 0 Å². The first kappa shape index (κ1) is 15.9. The number of rotatable bonds is 4. The summed E-state index contributed by atoms with van der Waals surface area (Å²) in [5.41, 5.74) is -0.286. The van der Waals surface area contributed by atoms with E-state index in [-0.39, 0.29) is 6.54 Å². The number of hydrogen-bond acceptors (Lipinski definition) is 2. The van der Waals surface area contributed by atoms with E-state index in [1.54, 1.807) is 39.0 Å². The second-order valence-corrected chi connectivity index (χ2v) is 5.56. The van der Waals surface area contributed by atoms with Crippen molar-refractivity contribution in [1.29, 1.82) is 0 Å². The Balaban J connectivity index is 2.60. The van der Waals surface area contributed by atoms with E-state index >= 15 is 0 Å². The molecule has 20 heavy (non-hydrogen) atoms. The largest absolute Gasteiger partial charge is 0.480 e. The molecule has 1 aromatic carbocycles. The summed E-state index contributed by atoms with van der Waals surface area (Å²) in [6.45, 7) is 5.13. The van der Waals surface area contributed by atoms with Crippen molar-refractivity contribution in [2.45, 2.75) is 33.4 Å². The van der Waals surface area contributed by atoms with Gasteiger partial charge in [0.05, 0.1) is 0 Å². The molecule has 110 valence electrons. The second kappa shape index (κ2) is 6.36. The fourth-order valence-corrected chi connectivity index (χ4v) is 1.65. The molecule has 5 nitrogen and oxygen atoms in total. The summed E-state index contributed by atoms with van der Waals surface area (Å²) in [6, 6.07) is 4.39. The number of urea groups is 1. The standard InChI is InChI=1S/C14H19FN2O3/c1-14(2,3)11(12(18)19)17-13(20)16-8-9-6-4-5-7-10(9)15/h4-7,11H,8H2,1-3H3,(H,18,19)(H2,16,17,20). The predicted molar refractivity (Wildman–Crippen MR) is 72.7 cm³/mol. The lowest BCUT2D eigenvalue weighted by molar-refractivity contribution is -0.141. The van der Waals surface area contributed by atoms with Crippen LogP contribution in [-0.2, 0) is 11.3 Å². The van der Waals surface area contributed by atoms with E-state index in [4.69, 9.17) is 5.11 Å². The van der Waals surface area contributed by atoms with Crippen LogP contribution >= 0.6 is 0 Å². The van der Waals surface area contributed by atoms with Gasteiger partial charge in [-0.15, -0.1) is 0 Å². The van der Waals surface area contributed by atoms with Crippen LogP contribution in [-0.4, -0.2) is 23.1 Å². The van der Waals surface area contributed by atoms with Gasteiger partial charge in [0.15, 0.2) is 0 Å². The third-order valence-electron chi connectivity index (χ3n) is 2.79. The number of benzene rings is 1. The summed E-state index contributed by atoms with van der Waals surface area (Å²) in [5, 5.41) is 13.9. The van der Waals surface area contributed by atoms with Crippen molar-refractivity contribution >= 4 is 12.0 Å². The Morgan fingerprint density at radius 2 is 1.90 bits per heavy atom. The van der Waals surface area contributed by atoms with E-state index in [0.29, 0.717) is 5.56 Å². The maximum absolute atomic E-state index is 13.4. The summed E-state index contributed by atoms with van der Waals surface area (Å²) in [5.74, 6) is -1.53. The number of amides is 2. The number of carbonyl (C=O) groups excluding carboxylic acids is 1. The molecule has 0 bridgehead atoms. The molecule has 0 saturated carbocycles. The van der Waals surface area contributed by atoms with Crippen LogP contribution in [0.3, 0.4) is 0 Å². The molecular formula is C14H19FN2O3. The molecule has 1 unspecified atom stereocenters. The molecule has 6 heteroatoms. The minimum Gasteiger partial charge on any atom is -0.480 e. The second-order valence-electron chi connectivity index (χ2n) is 5.56. The molecule has 0 radical (unpaired) electrons. The van der Waals surface area contributed by atoms with Gasteiger partial charge in [-0.2, -0.15) is 0 Å². The van der Waals surface area contributed by atoms with Crippen molar-refractivity contribution in [2.24, 2.45) is 5.41 Å². The maximum atomic E-state index is 13.4. The normalized spacial score (nSPS) is 12.6. The minimum atomic E-state index is -1.11. The molecule has 1 rings (SSSR count). The lowest BCUT2D eigenvalue weighted by atomic mass is 9.87. The first-order chi connectivity index (χ1) is 9.21. The van der Waals surface area contributed by atoms with Crippen LogP contribution in [0, 0.1) is 11.2 Å². The Morgan fingerprint density at radius 1 is 1.30 bits per heavy atom. The minimum absolute atomic E-state index is 0.00497. The van der Waals surface area contributed by atoms with Crippen molar-refractivity contribution in [3.05, 3.63) is 35.6 Å². The highest BCUT2D eigenvalue weighted by molar-refractivity contribution is 5.83. The van der Waals surface area contributed by atoms with Crippen LogP contribution in [0.1, 0.15) is 26.3 Å². The van der Waals surface area contributed by atoms with E-state index < -0.39 is 29.3 Å². The quantitative estimate of drug-likeness (QED) is 0.791. The van der Waals surface area contributed by atoms with Gasteiger partial charge in [-0.25, -0.2) is 14.0 Å². The van der Waals surface area contributed by atoms with Gasteiger partial charge in [0.2, 0.25) is 0 Å². The molecule has 0 aromatic heterocycles. The smallest absolute Gasteiger partial charge is 0.326 e. The summed E-state index contributed by atoms with van der Waals surface area (Å²) < 4.78 is 13.4. The topological polar surface area (TPSA) is 78.4 Å². The van der Waals surface area contributed by atoms with Gasteiger partial charge >= 0.3 is 12.0 Å². The zero-order valence-corrected chi connectivity index (χ0v) is 11.7. The molecule has 0 aliphatic heterocycles. The Labute approximate surface area is 117 Å². The van der Waals surface area contributed by atoms with E-state index in [2.05, 4.69) is 10.6 Å². The molecule has 0 aliphatic carbocycles. The Bertz CT molecular complexity index is 497. The monoisotopic (exact) mass is 282 g/mol. The third kappa shape index (κ3) is 4.53. The van der Waals surface area contributed by atoms with Gasteiger partial charge in [0.1, 0.15) is 11.9 Å². The number of hydrogen-bond donors (Lipinski definition) is 3. The van der Waals surface area contributed by atoms with Gasteiger partial charge in [-0.1, -0.05) is 39.0 Å². The Morgan fingerprint density at radius 3 is 2.40 bits per heavy atom. The fourth-order valence-electron chi connectivity index (χ4n) is 1.65. The highest BCUT2D eigenvalue weighted by Crippen LogP contribution is 2.19. The fraction of sp³-hybridized carbons (Fsp3) is 0.429. The number of nitrogens with one attached hydrogen (secondary N) is 2. The molecule has 0 saturated heterocycles. The highest BCUT2D eigenvalue weighted by Gasteiger charge is 2.32. The van der Waals surface area contributed by atoms with E-state index in [1.807, 2.05) is 0 Å². The van der Waals surface area contributed by atoms with Crippen molar-refractivity contribution in [3.8, 4) is 0 Å². The Hall–Kier alpha value is -2.11. The lowest BCUT2D eigenvalue weighted by Crippen LogP contribution is -2.52. The molecule has 2 amide bonds. The number of carboxylic acids is 1. The first-order valence-corrected chi connectivity index (χ1v) is 6.22. The molecule has 0 heterocycles.